The van der Waals surface area contributed by atoms with E-state index in [0.29, 0.717) is 11.2 Å². The van der Waals surface area contributed by atoms with Crippen LogP contribution in [0.1, 0.15) is 68.5 Å². The topological polar surface area (TPSA) is 74.7 Å². The van der Waals surface area contributed by atoms with Gasteiger partial charge in [0.25, 0.3) is 0 Å². The van der Waals surface area contributed by atoms with Crippen LogP contribution in [-0.2, 0) is 17.7 Å². The average Bonchev–Trinajstić information content (AvgIpc) is 2.96. The highest BCUT2D eigenvalue weighted by Crippen LogP contribution is 2.49. The number of hydrogen-bond donors (Lipinski definition) is 1. The van der Waals surface area contributed by atoms with Crippen molar-refractivity contribution in [3.8, 4) is 0 Å². The predicted octanol–water partition coefficient (Wildman–Crippen LogP) is 5.40. The molecule has 0 aromatic carbocycles. The maximum absolute atomic E-state index is 12.6. The van der Waals surface area contributed by atoms with Crippen LogP contribution in [0.4, 0.5) is 0 Å². The van der Waals surface area contributed by atoms with Gasteiger partial charge in [0.05, 0.1) is 12.7 Å². The molecule has 2 fully saturated rings. The second-order valence-corrected chi connectivity index (χ2v) is 19.8. The van der Waals surface area contributed by atoms with Crippen LogP contribution < -0.4 is 5.69 Å². The van der Waals surface area contributed by atoms with Gasteiger partial charge in [0.15, 0.2) is 0 Å². The highest BCUT2D eigenvalue weighted by atomic mass is 32.1. The maximum atomic E-state index is 12.6. The minimum atomic E-state index is -2.72. The largest absolute Gasteiger partial charge is 0.414 e. The van der Waals surface area contributed by atoms with Crippen molar-refractivity contribution in [2.45, 2.75) is 103 Å². The molecular formula is C22H40N2O5SSi2. The Morgan fingerprint density at radius 1 is 1.03 bits per heavy atom. The van der Waals surface area contributed by atoms with Crippen molar-refractivity contribution in [3.05, 3.63) is 27.4 Å². The van der Waals surface area contributed by atoms with Gasteiger partial charge in [-0.15, -0.1) is 0 Å². The van der Waals surface area contributed by atoms with Crippen molar-refractivity contribution in [2.24, 2.45) is 5.92 Å². The van der Waals surface area contributed by atoms with Gasteiger partial charge >= 0.3 is 22.8 Å². The van der Waals surface area contributed by atoms with Crippen molar-refractivity contribution in [3.63, 3.8) is 0 Å². The molecule has 2 aliphatic rings. The van der Waals surface area contributed by atoms with Gasteiger partial charge in [-0.1, -0.05) is 74.5 Å². The third-order valence-electron chi connectivity index (χ3n) is 7.11. The van der Waals surface area contributed by atoms with Gasteiger partial charge < -0.3 is 17.7 Å². The third kappa shape index (κ3) is 4.39. The van der Waals surface area contributed by atoms with E-state index in [1.165, 1.54) is 0 Å². The fourth-order valence-electron chi connectivity index (χ4n) is 5.28. The second kappa shape index (κ2) is 9.55. The van der Waals surface area contributed by atoms with Crippen LogP contribution >= 0.6 is 12.2 Å². The van der Waals surface area contributed by atoms with Crippen molar-refractivity contribution < 1.29 is 17.7 Å². The molecule has 1 unspecified atom stereocenters. The van der Waals surface area contributed by atoms with Crippen LogP contribution in [0.5, 0.6) is 0 Å². The zero-order valence-electron chi connectivity index (χ0n) is 20.9. The number of ether oxygens (including phenoxy) is 1. The van der Waals surface area contributed by atoms with Crippen LogP contribution in [0.25, 0.3) is 0 Å². The molecule has 1 N–H and O–H groups in total. The molecule has 0 radical (unpaired) electrons. The van der Waals surface area contributed by atoms with Gasteiger partial charge in [-0.25, -0.2) is 4.79 Å². The fraction of sp³-hybridized carbons (Fsp3) is 0.818. The lowest BCUT2D eigenvalue weighted by molar-refractivity contribution is -0.0572. The van der Waals surface area contributed by atoms with Gasteiger partial charge in [-0.3, -0.25) is 9.55 Å². The highest BCUT2D eigenvalue weighted by molar-refractivity contribution is 7.71. The minimum absolute atomic E-state index is 0.0501. The molecule has 0 amide bonds. The molecule has 10 heteroatoms. The molecular weight excluding hydrogens is 460 g/mol. The molecule has 7 nitrogen and oxygen atoms in total. The number of hydrogen-bond acceptors (Lipinski definition) is 6. The Kier molecular flexibility index (Phi) is 7.76. The summed E-state index contributed by atoms with van der Waals surface area (Å²) in [6.45, 7) is 20.2. The Bertz CT molecular complexity index is 900. The summed E-state index contributed by atoms with van der Waals surface area (Å²) in [7, 11) is -5.33. The number of fused-ring (bicyclic) bond motifs is 1. The van der Waals surface area contributed by atoms with Gasteiger partial charge in [-0.05, 0) is 28.2 Å². The first-order valence-electron chi connectivity index (χ1n) is 11.8. The summed E-state index contributed by atoms with van der Waals surface area (Å²) in [4.78, 5) is 15.3. The molecule has 182 valence electrons. The first-order chi connectivity index (χ1) is 14.9. The third-order valence-corrected chi connectivity index (χ3v) is 17.6. The number of H-pyrrole nitrogens is 1. The van der Waals surface area contributed by atoms with Crippen molar-refractivity contribution in [1.29, 1.82) is 0 Å². The normalized spacial score (nSPS) is 30.0. The van der Waals surface area contributed by atoms with Crippen molar-refractivity contribution in [2.75, 3.05) is 6.61 Å². The molecule has 0 bridgehead atoms. The molecule has 0 aliphatic carbocycles. The predicted molar refractivity (Wildman–Crippen MR) is 133 cm³/mol. The summed E-state index contributed by atoms with van der Waals surface area (Å²) in [5.41, 5.74) is 0.772. The molecule has 32 heavy (non-hydrogen) atoms. The van der Waals surface area contributed by atoms with Crippen molar-refractivity contribution in [1.82, 2.24) is 9.55 Å². The lowest BCUT2D eigenvalue weighted by atomic mass is 10.0. The molecule has 3 rings (SSSR count). The Morgan fingerprint density at radius 3 is 2.09 bits per heavy atom. The van der Waals surface area contributed by atoms with Gasteiger partial charge in [0.2, 0.25) is 0 Å². The molecule has 0 spiro atoms. The second-order valence-electron chi connectivity index (χ2n) is 10.5. The molecule has 1 aromatic rings. The molecule has 4 atom stereocenters. The van der Waals surface area contributed by atoms with Crippen LogP contribution in [0.15, 0.2) is 17.1 Å². The summed E-state index contributed by atoms with van der Waals surface area (Å²) in [5, 5.41) is 0. The number of aromatic amines is 1. The quantitative estimate of drug-likeness (QED) is 0.431. The Morgan fingerprint density at radius 2 is 1.59 bits per heavy atom. The monoisotopic (exact) mass is 500 g/mol. The molecule has 0 saturated carbocycles. The van der Waals surface area contributed by atoms with Gasteiger partial charge in [0, 0.05) is 12.1 Å². The first-order valence-corrected chi connectivity index (χ1v) is 16.2. The Hall–Kier alpha value is -0.626. The summed E-state index contributed by atoms with van der Waals surface area (Å²) in [6, 6.07) is 1.71. The van der Waals surface area contributed by atoms with E-state index in [2.05, 4.69) is 67.3 Å². The van der Waals surface area contributed by atoms with E-state index in [1.807, 2.05) is 0 Å². The smallest absolute Gasteiger partial charge is 0.335 e. The van der Waals surface area contributed by atoms with Gasteiger partial charge in [0.1, 0.15) is 17.0 Å². The van der Waals surface area contributed by atoms with E-state index in [4.69, 9.17) is 29.9 Å². The van der Waals surface area contributed by atoms with E-state index < -0.39 is 23.3 Å². The highest BCUT2D eigenvalue weighted by Gasteiger charge is 2.61. The van der Waals surface area contributed by atoms with Crippen molar-refractivity contribution >= 4 is 29.3 Å². The van der Waals surface area contributed by atoms with Crippen LogP contribution in [-0.4, -0.2) is 45.5 Å². The SMILES string of the molecule is CC1[C@H]2O[Si](C(C)C)(C(C)C)O[Si](C(C)C)(C(C)C)OC[C@H]2O[C@H]1n1ccc(=S)[nH]c1=O. The lowest BCUT2D eigenvalue weighted by Gasteiger charge is -2.51. The summed E-state index contributed by atoms with van der Waals surface area (Å²) < 4.78 is 29.6. The first kappa shape index (κ1) is 26.0. The van der Waals surface area contributed by atoms with E-state index in [9.17, 15) is 4.79 Å². The maximum Gasteiger partial charge on any atom is 0.335 e. The molecule has 2 saturated heterocycles. The number of rotatable bonds is 5. The van der Waals surface area contributed by atoms with Gasteiger partial charge in [-0.2, -0.15) is 0 Å². The number of aromatic nitrogens is 2. The minimum Gasteiger partial charge on any atom is -0.414 e. The lowest BCUT2D eigenvalue weighted by Crippen LogP contribution is -2.65. The summed E-state index contributed by atoms with van der Waals surface area (Å²) >= 11 is 5.10. The zero-order chi connectivity index (χ0) is 24.0. The summed E-state index contributed by atoms with van der Waals surface area (Å²) in [5.74, 6) is -0.0501. The fourth-order valence-corrected chi connectivity index (χ4v) is 16.7. The van der Waals surface area contributed by atoms with E-state index >= 15 is 0 Å². The Balaban J connectivity index is 2.08. The van der Waals surface area contributed by atoms with E-state index in [1.54, 1.807) is 16.8 Å². The number of nitrogens with one attached hydrogen (secondary N) is 1. The Labute approximate surface area is 199 Å². The summed E-state index contributed by atoms with van der Waals surface area (Å²) in [6.07, 6.45) is 0.780. The molecule has 1 aromatic heterocycles. The average molecular weight is 501 g/mol. The molecule has 2 aliphatic heterocycles. The van der Waals surface area contributed by atoms with Crippen LogP contribution in [0.2, 0.25) is 22.2 Å². The standard InChI is InChI=1S/C22H40N2O5SSi2/c1-13(2)31(14(3)4)26-12-18-20(28-32(29-31,15(5)6)16(7)8)17(9)21(27-18)24-11-10-19(30)23-22(24)25/h10-11,13-18,20-21H,12H2,1-9H3,(H,23,25,30)/t17?,18-,20-,21-/m1/s1. The van der Waals surface area contributed by atoms with Crippen LogP contribution in [0.3, 0.4) is 0 Å². The van der Waals surface area contributed by atoms with E-state index in [-0.39, 0.29) is 46.0 Å². The van der Waals surface area contributed by atoms with Crippen LogP contribution in [0, 0.1) is 10.6 Å². The van der Waals surface area contributed by atoms with E-state index in [0.717, 1.165) is 0 Å². The number of nitrogens with zero attached hydrogens (tertiary/aromatic N) is 1. The zero-order valence-corrected chi connectivity index (χ0v) is 23.7. The molecule has 3 heterocycles.